The van der Waals surface area contributed by atoms with Gasteiger partial charge in [0.15, 0.2) is 0 Å². The molecule has 1 N–H and O–H groups in total. The summed E-state index contributed by atoms with van der Waals surface area (Å²) < 4.78 is 1.94. The van der Waals surface area contributed by atoms with Crippen molar-refractivity contribution >= 4 is 40.9 Å². The van der Waals surface area contributed by atoms with E-state index in [9.17, 15) is 29.1 Å². The van der Waals surface area contributed by atoms with Crippen LogP contribution in [-0.4, -0.2) is 151 Å². The molecule has 1 aromatic heterocycles. The van der Waals surface area contributed by atoms with Crippen LogP contribution >= 0.6 is 0 Å². The fraction of sp³-hybridized carbons (Fsp3) is 0.386. The first kappa shape index (κ1) is 38.9. The van der Waals surface area contributed by atoms with Crippen LogP contribution in [0.4, 0.5) is 0 Å². The van der Waals surface area contributed by atoms with Crippen LogP contribution in [0.15, 0.2) is 91.6 Å². The number of phenols is 1. The first-order valence-corrected chi connectivity index (χ1v) is 20.0. The maximum atomic E-state index is 14.7. The third-order valence-electron chi connectivity index (χ3n) is 12.1. The molecule has 4 aromatic rings. The standard InChI is InChI=1S/C44H50N8O6/c1-3-18-50-29-41(56)51-38(23-32-12-15-35(54)16-13-32)44(58)49(28-39(51)52(50)40(55)17-14-31-8-5-4-6-9-31)24-33-10-7-11-36-37(27-45(2)42(33)36)43(57)48-22-21-47-20-19-46(30-53)25-34(47)26-48/h3-13,15-16,27,30,34,38-39,54H,1,14,17-26,28-29H2,2H3/t34?,38-,39-/m0/s1. The number of benzene rings is 3. The molecule has 4 fully saturated rings. The maximum absolute atomic E-state index is 14.7. The maximum Gasteiger partial charge on any atom is 0.256 e. The second-order valence-electron chi connectivity index (χ2n) is 15.8. The number of hydrogen-bond acceptors (Lipinski definition) is 8. The smallest absolute Gasteiger partial charge is 0.256 e. The van der Waals surface area contributed by atoms with Crippen molar-refractivity contribution in [3.63, 3.8) is 0 Å². The highest BCUT2D eigenvalue weighted by Crippen LogP contribution is 2.33. The summed E-state index contributed by atoms with van der Waals surface area (Å²) in [5.74, 6) is -0.639. The second-order valence-corrected chi connectivity index (χ2v) is 15.8. The van der Waals surface area contributed by atoms with E-state index < -0.39 is 12.2 Å². The Labute approximate surface area is 338 Å². The van der Waals surface area contributed by atoms with Crippen molar-refractivity contribution in [2.45, 2.75) is 44.1 Å². The number of aryl methyl sites for hydroxylation is 2. The number of para-hydroxylation sites is 1. The third-order valence-corrected chi connectivity index (χ3v) is 12.1. The zero-order chi connectivity index (χ0) is 40.5. The van der Waals surface area contributed by atoms with Crippen molar-refractivity contribution in [3.05, 3.63) is 114 Å². The molecule has 8 rings (SSSR count). The van der Waals surface area contributed by atoms with Crippen LogP contribution in [0.25, 0.3) is 10.9 Å². The number of rotatable bonds is 11. The highest BCUT2D eigenvalue weighted by molar-refractivity contribution is 6.08. The van der Waals surface area contributed by atoms with Gasteiger partial charge in [0, 0.05) is 89.9 Å². The molecule has 0 aliphatic carbocycles. The normalized spacial score (nSPS) is 21.6. The van der Waals surface area contributed by atoms with E-state index in [0.29, 0.717) is 38.2 Å². The van der Waals surface area contributed by atoms with Crippen molar-refractivity contribution < 1.29 is 29.1 Å². The minimum Gasteiger partial charge on any atom is -0.508 e. The quantitative estimate of drug-likeness (QED) is 0.181. The average Bonchev–Trinajstić information content (AvgIpc) is 3.58. The van der Waals surface area contributed by atoms with Crippen molar-refractivity contribution in [3.8, 4) is 5.75 Å². The molecule has 4 aliphatic heterocycles. The van der Waals surface area contributed by atoms with Gasteiger partial charge in [0.05, 0.1) is 24.2 Å². The summed E-state index contributed by atoms with van der Waals surface area (Å²) >= 11 is 0. The van der Waals surface area contributed by atoms with Gasteiger partial charge in [-0.1, -0.05) is 66.7 Å². The highest BCUT2D eigenvalue weighted by Gasteiger charge is 2.51. The summed E-state index contributed by atoms with van der Waals surface area (Å²) in [6.07, 6.45) is 4.55. The number of carbonyl (C=O) groups is 5. The molecule has 14 nitrogen and oxygen atoms in total. The molecule has 5 amide bonds. The number of aromatic nitrogens is 1. The number of hydrogen-bond donors (Lipinski definition) is 1. The largest absolute Gasteiger partial charge is 0.508 e. The average molecular weight is 787 g/mol. The molecule has 0 bridgehead atoms. The molecule has 5 heterocycles. The molecule has 0 spiro atoms. The predicted molar refractivity (Wildman–Crippen MR) is 217 cm³/mol. The van der Waals surface area contributed by atoms with Crippen molar-refractivity contribution in [1.29, 1.82) is 0 Å². The van der Waals surface area contributed by atoms with Gasteiger partial charge >= 0.3 is 0 Å². The first-order valence-electron chi connectivity index (χ1n) is 20.0. The van der Waals surface area contributed by atoms with Gasteiger partial charge in [-0.25, -0.2) is 10.0 Å². The van der Waals surface area contributed by atoms with E-state index in [-0.39, 0.29) is 74.4 Å². The van der Waals surface area contributed by atoms with Gasteiger partial charge in [-0.05, 0) is 35.2 Å². The van der Waals surface area contributed by atoms with Crippen LogP contribution in [0.2, 0.25) is 0 Å². The lowest BCUT2D eigenvalue weighted by atomic mass is 9.97. The number of nitrogens with zero attached hydrogens (tertiary/aromatic N) is 8. The van der Waals surface area contributed by atoms with Crippen LogP contribution in [-0.2, 0) is 45.6 Å². The van der Waals surface area contributed by atoms with Crippen LogP contribution in [0.3, 0.4) is 0 Å². The zero-order valence-corrected chi connectivity index (χ0v) is 32.9. The number of amides is 5. The summed E-state index contributed by atoms with van der Waals surface area (Å²) in [5.41, 5.74) is 4.01. The lowest BCUT2D eigenvalue weighted by Crippen LogP contribution is -2.75. The molecule has 0 saturated carbocycles. The number of fused-ring (bicyclic) bond motifs is 3. The molecule has 14 heteroatoms. The second kappa shape index (κ2) is 16.5. The molecule has 302 valence electrons. The zero-order valence-electron chi connectivity index (χ0n) is 32.9. The van der Waals surface area contributed by atoms with Crippen LogP contribution in [0, 0.1) is 0 Å². The monoisotopic (exact) mass is 786 g/mol. The first-order chi connectivity index (χ1) is 28.1. The Morgan fingerprint density at radius 3 is 2.43 bits per heavy atom. The summed E-state index contributed by atoms with van der Waals surface area (Å²) in [6.45, 7) is 8.32. The number of phenolic OH excluding ortho intramolecular Hbond substituents is 1. The highest BCUT2D eigenvalue weighted by atomic mass is 16.3. The topological polar surface area (TPSA) is 133 Å². The third kappa shape index (κ3) is 7.57. The van der Waals surface area contributed by atoms with Crippen LogP contribution < -0.4 is 0 Å². The number of hydrazine groups is 1. The van der Waals surface area contributed by atoms with E-state index >= 15 is 0 Å². The Balaban J connectivity index is 1.11. The van der Waals surface area contributed by atoms with Gasteiger partial charge in [-0.2, -0.15) is 0 Å². The van der Waals surface area contributed by atoms with Crippen LogP contribution in [0.1, 0.15) is 33.5 Å². The van der Waals surface area contributed by atoms with E-state index in [1.807, 2.05) is 71.2 Å². The van der Waals surface area contributed by atoms with Gasteiger partial charge in [-0.3, -0.25) is 28.9 Å². The molecule has 4 aliphatic rings. The number of aromatic hydroxyl groups is 1. The van der Waals surface area contributed by atoms with E-state index in [2.05, 4.69) is 11.5 Å². The summed E-state index contributed by atoms with van der Waals surface area (Å²) in [5, 5.41) is 14.2. The van der Waals surface area contributed by atoms with Gasteiger partial charge in [0.1, 0.15) is 18.0 Å². The van der Waals surface area contributed by atoms with Crippen LogP contribution in [0.5, 0.6) is 5.75 Å². The number of carbonyl (C=O) groups excluding carboxylic acids is 5. The van der Waals surface area contributed by atoms with Crippen molar-refractivity contribution in [2.75, 3.05) is 58.9 Å². The molecular weight excluding hydrogens is 737 g/mol. The molecule has 0 radical (unpaired) electrons. The Kier molecular flexibility index (Phi) is 11.0. The Morgan fingerprint density at radius 2 is 1.67 bits per heavy atom. The summed E-state index contributed by atoms with van der Waals surface area (Å²) in [7, 11) is 1.90. The number of piperazine rings is 3. The Morgan fingerprint density at radius 1 is 0.897 bits per heavy atom. The van der Waals surface area contributed by atoms with Gasteiger partial charge in [-0.15, -0.1) is 6.58 Å². The van der Waals surface area contributed by atoms with E-state index in [0.717, 1.165) is 47.1 Å². The Hall–Kier alpha value is -5.99. The molecule has 1 unspecified atom stereocenters. The SMILES string of the molecule is C=CCN1CC(=O)N2[C@@H](Cc3ccc(O)cc3)C(=O)N(Cc3cccc4c(C(=O)N5CCN6CCN(C=O)CC6C5)cn(C)c34)C[C@@H]2N1C(=O)CCc1ccccc1. The van der Waals surface area contributed by atoms with Gasteiger partial charge < -0.3 is 29.3 Å². The molecule has 4 saturated heterocycles. The van der Waals surface area contributed by atoms with Gasteiger partial charge in [0.2, 0.25) is 24.1 Å². The minimum atomic E-state index is -0.913. The summed E-state index contributed by atoms with van der Waals surface area (Å²) in [4.78, 5) is 78.2. The molecule has 3 aromatic carbocycles. The van der Waals surface area contributed by atoms with Gasteiger partial charge in [0.25, 0.3) is 5.91 Å². The molecule has 3 atom stereocenters. The molecule has 58 heavy (non-hydrogen) atoms. The fourth-order valence-electron chi connectivity index (χ4n) is 9.26. The van der Waals surface area contributed by atoms with Crippen molar-refractivity contribution in [2.24, 2.45) is 7.05 Å². The lowest BCUT2D eigenvalue weighted by molar-refractivity contribution is -0.205. The summed E-state index contributed by atoms with van der Waals surface area (Å²) in [6, 6.07) is 21.4. The predicted octanol–water partition coefficient (Wildman–Crippen LogP) is 2.47. The minimum absolute atomic E-state index is 0.0723. The van der Waals surface area contributed by atoms with E-state index in [4.69, 9.17) is 0 Å². The van der Waals surface area contributed by atoms with Crippen molar-refractivity contribution in [1.82, 2.24) is 39.1 Å². The molecular formula is C44H50N8O6. The Bertz CT molecular complexity index is 2210. The fourth-order valence-corrected chi connectivity index (χ4v) is 9.26. The van der Waals surface area contributed by atoms with E-state index in [1.165, 1.54) is 0 Å². The van der Waals surface area contributed by atoms with E-state index in [1.54, 1.807) is 55.1 Å². The lowest BCUT2D eigenvalue weighted by Gasteiger charge is -2.55.